The molecule has 0 aliphatic rings. The molecule has 0 aliphatic carbocycles. The van der Waals surface area contributed by atoms with E-state index < -0.39 is 0 Å². The van der Waals surface area contributed by atoms with Crippen LogP contribution in [-0.2, 0) is 0 Å². The number of rotatable bonds is 5. The van der Waals surface area contributed by atoms with E-state index >= 15 is 0 Å². The van der Waals surface area contributed by atoms with Gasteiger partial charge in [-0.2, -0.15) is 0 Å². The van der Waals surface area contributed by atoms with Gasteiger partial charge < -0.3 is 15.5 Å². The van der Waals surface area contributed by atoms with Crippen LogP contribution in [0.5, 0.6) is 0 Å². The second-order valence-electron chi connectivity index (χ2n) is 4.46. The predicted molar refractivity (Wildman–Crippen MR) is 70.3 cm³/mol. The highest BCUT2D eigenvalue weighted by molar-refractivity contribution is 5.77. The van der Waals surface area contributed by atoms with Gasteiger partial charge >= 0.3 is 0 Å². The molecule has 0 saturated heterocycles. The van der Waals surface area contributed by atoms with Gasteiger partial charge in [0.25, 0.3) is 0 Å². The molecule has 4 heteroatoms. The number of fused-ring (bicyclic) bond motifs is 1. The Morgan fingerprint density at radius 2 is 2.24 bits per heavy atom. The lowest BCUT2D eigenvalue weighted by atomic mass is 10.2. The van der Waals surface area contributed by atoms with Gasteiger partial charge in [-0.3, -0.25) is 0 Å². The number of anilines is 1. The first-order valence-corrected chi connectivity index (χ1v) is 6.05. The Kier molecular flexibility index (Phi) is 3.64. The first-order chi connectivity index (χ1) is 8.20. The number of hydrogen-bond acceptors (Lipinski definition) is 4. The summed E-state index contributed by atoms with van der Waals surface area (Å²) in [5.41, 5.74) is 8.27. The Balaban J connectivity index is 2.18. The van der Waals surface area contributed by atoms with Crippen LogP contribution >= 0.6 is 0 Å². The molecule has 3 N–H and O–H groups in total. The summed E-state index contributed by atoms with van der Waals surface area (Å²) >= 11 is 0. The molecule has 1 aromatic carbocycles. The van der Waals surface area contributed by atoms with E-state index in [4.69, 9.17) is 10.2 Å². The molecule has 0 saturated carbocycles. The van der Waals surface area contributed by atoms with E-state index in [0.717, 1.165) is 35.6 Å². The molecule has 0 radical (unpaired) electrons. The minimum atomic E-state index is 0.316. The molecule has 0 atom stereocenters. The summed E-state index contributed by atoms with van der Waals surface area (Å²) in [6.45, 7) is 5.74. The lowest BCUT2D eigenvalue weighted by molar-refractivity contribution is 0.501. The van der Waals surface area contributed by atoms with Crippen LogP contribution < -0.4 is 11.1 Å². The van der Waals surface area contributed by atoms with Crippen LogP contribution in [0, 0.1) is 0 Å². The van der Waals surface area contributed by atoms with Crippen LogP contribution in [0.4, 0.5) is 5.69 Å². The third-order valence-corrected chi connectivity index (χ3v) is 2.61. The summed E-state index contributed by atoms with van der Waals surface area (Å²) in [5.74, 6) is 1.11. The van der Waals surface area contributed by atoms with Gasteiger partial charge in [-0.05, 0) is 31.2 Å². The molecule has 4 nitrogen and oxygen atoms in total. The monoisotopic (exact) mass is 233 g/mol. The van der Waals surface area contributed by atoms with E-state index in [1.165, 1.54) is 0 Å². The van der Waals surface area contributed by atoms with Crippen molar-refractivity contribution in [3.05, 3.63) is 24.1 Å². The summed E-state index contributed by atoms with van der Waals surface area (Å²) in [6.07, 6.45) is 0.966. The van der Waals surface area contributed by atoms with Crippen molar-refractivity contribution in [1.82, 2.24) is 4.98 Å². The standard InChI is InChI=1S/C13H19N3O/c1-9(2)13-16-11-8-10(15-7-3-6-14)4-5-12(11)17-13/h4-5,8-9,15H,3,6-7,14H2,1-2H3. The fourth-order valence-corrected chi connectivity index (χ4v) is 1.64. The van der Waals surface area contributed by atoms with E-state index in [0.29, 0.717) is 12.5 Å². The number of aromatic nitrogens is 1. The van der Waals surface area contributed by atoms with Crippen molar-refractivity contribution < 1.29 is 4.42 Å². The Bertz CT molecular complexity index is 490. The van der Waals surface area contributed by atoms with E-state index in [1.807, 2.05) is 18.2 Å². The Morgan fingerprint density at radius 3 is 2.94 bits per heavy atom. The third-order valence-electron chi connectivity index (χ3n) is 2.61. The van der Waals surface area contributed by atoms with Crippen molar-refractivity contribution in [2.45, 2.75) is 26.2 Å². The van der Waals surface area contributed by atoms with Crippen molar-refractivity contribution in [3.63, 3.8) is 0 Å². The molecule has 0 unspecified atom stereocenters. The molecule has 0 amide bonds. The summed E-state index contributed by atoms with van der Waals surface area (Å²) < 4.78 is 5.65. The lowest BCUT2D eigenvalue weighted by Crippen LogP contribution is -2.08. The molecule has 17 heavy (non-hydrogen) atoms. The van der Waals surface area contributed by atoms with Crippen LogP contribution in [-0.4, -0.2) is 18.1 Å². The normalized spacial score (nSPS) is 11.3. The molecule has 0 bridgehead atoms. The minimum absolute atomic E-state index is 0.316. The molecular weight excluding hydrogens is 214 g/mol. The zero-order valence-electron chi connectivity index (χ0n) is 10.4. The van der Waals surface area contributed by atoms with Crippen molar-refractivity contribution in [1.29, 1.82) is 0 Å². The van der Waals surface area contributed by atoms with Crippen LogP contribution in [0.3, 0.4) is 0 Å². The minimum Gasteiger partial charge on any atom is -0.440 e. The largest absolute Gasteiger partial charge is 0.440 e. The molecule has 0 fully saturated rings. The second kappa shape index (κ2) is 5.19. The summed E-state index contributed by atoms with van der Waals surface area (Å²) in [4.78, 5) is 4.47. The van der Waals surface area contributed by atoms with E-state index in [9.17, 15) is 0 Å². The number of nitrogens with two attached hydrogens (primary N) is 1. The highest BCUT2D eigenvalue weighted by atomic mass is 16.3. The van der Waals surface area contributed by atoms with Crippen molar-refractivity contribution >= 4 is 16.8 Å². The number of oxazole rings is 1. The van der Waals surface area contributed by atoms with Gasteiger partial charge in [0, 0.05) is 18.2 Å². The van der Waals surface area contributed by atoms with Gasteiger partial charge in [0.05, 0.1) is 0 Å². The number of hydrogen-bond donors (Lipinski definition) is 2. The van der Waals surface area contributed by atoms with Crippen LogP contribution in [0.25, 0.3) is 11.1 Å². The first-order valence-electron chi connectivity index (χ1n) is 6.05. The van der Waals surface area contributed by atoms with E-state index in [-0.39, 0.29) is 0 Å². The van der Waals surface area contributed by atoms with Crippen LogP contribution in [0.1, 0.15) is 32.1 Å². The van der Waals surface area contributed by atoms with Gasteiger partial charge in [-0.25, -0.2) is 4.98 Å². The maximum Gasteiger partial charge on any atom is 0.198 e. The third kappa shape index (κ3) is 2.77. The Morgan fingerprint density at radius 1 is 1.41 bits per heavy atom. The Labute approximate surface area is 101 Å². The molecule has 0 aliphatic heterocycles. The molecule has 92 valence electrons. The fraction of sp³-hybridized carbons (Fsp3) is 0.462. The molecule has 1 aromatic heterocycles. The molecular formula is C13H19N3O. The maximum absolute atomic E-state index is 5.65. The van der Waals surface area contributed by atoms with Gasteiger partial charge in [0.15, 0.2) is 11.5 Å². The highest BCUT2D eigenvalue weighted by Gasteiger charge is 2.09. The van der Waals surface area contributed by atoms with E-state index in [2.05, 4.69) is 24.1 Å². The molecule has 1 heterocycles. The molecule has 2 rings (SSSR count). The zero-order chi connectivity index (χ0) is 12.3. The number of benzene rings is 1. The quantitative estimate of drug-likeness (QED) is 0.779. The maximum atomic E-state index is 5.65. The molecule has 2 aromatic rings. The van der Waals surface area contributed by atoms with Gasteiger partial charge in [0.1, 0.15) is 5.52 Å². The Hall–Kier alpha value is -1.55. The average Bonchev–Trinajstić information content (AvgIpc) is 2.72. The van der Waals surface area contributed by atoms with Gasteiger partial charge in [-0.15, -0.1) is 0 Å². The van der Waals surface area contributed by atoms with Crippen molar-refractivity contribution in [3.8, 4) is 0 Å². The highest BCUT2D eigenvalue weighted by Crippen LogP contribution is 2.23. The zero-order valence-corrected chi connectivity index (χ0v) is 10.4. The summed E-state index contributed by atoms with van der Waals surface area (Å²) in [6, 6.07) is 5.98. The van der Waals surface area contributed by atoms with E-state index in [1.54, 1.807) is 0 Å². The van der Waals surface area contributed by atoms with Gasteiger partial charge in [-0.1, -0.05) is 13.8 Å². The van der Waals surface area contributed by atoms with Crippen molar-refractivity contribution in [2.75, 3.05) is 18.4 Å². The number of nitrogens with zero attached hydrogens (tertiary/aromatic N) is 1. The van der Waals surface area contributed by atoms with Crippen molar-refractivity contribution in [2.24, 2.45) is 5.73 Å². The van der Waals surface area contributed by atoms with Crippen LogP contribution in [0.15, 0.2) is 22.6 Å². The number of nitrogens with one attached hydrogen (secondary N) is 1. The average molecular weight is 233 g/mol. The SMILES string of the molecule is CC(C)c1nc2cc(NCCCN)ccc2o1. The summed E-state index contributed by atoms with van der Waals surface area (Å²) in [7, 11) is 0. The van der Waals surface area contributed by atoms with Gasteiger partial charge in [0.2, 0.25) is 0 Å². The topological polar surface area (TPSA) is 64.1 Å². The second-order valence-corrected chi connectivity index (χ2v) is 4.46. The molecule has 0 spiro atoms. The predicted octanol–water partition coefficient (Wildman–Crippen LogP) is 2.71. The first kappa shape index (κ1) is 11.9. The summed E-state index contributed by atoms with van der Waals surface area (Å²) in [5, 5.41) is 3.31. The smallest absolute Gasteiger partial charge is 0.198 e. The fourth-order valence-electron chi connectivity index (χ4n) is 1.64. The lowest BCUT2D eigenvalue weighted by Gasteiger charge is -2.03. The van der Waals surface area contributed by atoms with Crippen LogP contribution in [0.2, 0.25) is 0 Å².